The summed E-state index contributed by atoms with van der Waals surface area (Å²) in [7, 11) is 0. The molecule has 3 heteroatoms. The second-order valence-electron chi connectivity index (χ2n) is 2.57. The molecule has 0 spiro atoms. The highest BCUT2D eigenvalue weighted by Gasteiger charge is 2.16. The van der Waals surface area contributed by atoms with E-state index in [2.05, 4.69) is 0 Å². The van der Waals surface area contributed by atoms with Crippen molar-refractivity contribution in [1.29, 1.82) is 0 Å². The molecule has 2 N–H and O–H groups in total. The molecule has 2 nitrogen and oxygen atoms in total. The second-order valence-corrected chi connectivity index (χ2v) is 3.02. The predicted molar refractivity (Wildman–Crippen MR) is 48.1 cm³/mol. The van der Waals surface area contributed by atoms with Crippen molar-refractivity contribution in [2.45, 2.75) is 11.5 Å². The Kier molecular flexibility index (Phi) is 3.53. The molecule has 1 rings (SSSR count). The lowest BCUT2D eigenvalue weighted by molar-refractivity contribution is 0.165. The van der Waals surface area contributed by atoms with Gasteiger partial charge in [-0.05, 0) is 5.56 Å². The maximum absolute atomic E-state index is 9.07. The van der Waals surface area contributed by atoms with Crippen LogP contribution >= 0.6 is 11.6 Å². The summed E-state index contributed by atoms with van der Waals surface area (Å²) < 4.78 is 0. The van der Waals surface area contributed by atoms with E-state index in [9.17, 15) is 0 Å². The zero-order valence-corrected chi connectivity index (χ0v) is 7.28. The van der Waals surface area contributed by atoms with Gasteiger partial charge in [-0.2, -0.15) is 0 Å². The molecular formula is C9H11ClO2. The van der Waals surface area contributed by atoms with Crippen molar-refractivity contribution in [2.24, 2.45) is 0 Å². The highest BCUT2D eigenvalue weighted by atomic mass is 35.5. The maximum Gasteiger partial charge on any atom is 0.137 e. The first-order valence-corrected chi connectivity index (χ1v) is 4.17. The van der Waals surface area contributed by atoms with Gasteiger partial charge in [-0.1, -0.05) is 41.9 Å². The summed E-state index contributed by atoms with van der Waals surface area (Å²) in [5.74, 6) is -0.395. The molecular weight excluding hydrogens is 176 g/mol. The molecule has 12 heavy (non-hydrogen) atoms. The third-order valence-corrected chi connectivity index (χ3v) is 2.06. The van der Waals surface area contributed by atoms with Gasteiger partial charge in [0.25, 0.3) is 0 Å². The predicted octanol–water partition coefficient (Wildman–Crippen LogP) is 1.32. The van der Waals surface area contributed by atoms with Gasteiger partial charge in [-0.15, -0.1) is 0 Å². The summed E-state index contributed by atoms with van der Waals surface area (Å²) in [4.78, 5) is 0. The minimum Gasteiger partial charge on any atom is -0.396 e. The Morgan fingerprint density at radius 3 is 2.25 bits per heavy atom. The van der Waals surface area contributed by atoms with Crippen molar-refractivity contribution in [3.63, 3.8) is 0 Å². The van der Waals surface area contributed by atoms with Crippen LogP contribution in [0.25, 0.3) is 0 Å². The number of rotatable bonds is 3. The summed E-state index contributed by atoms with van der Waals surface area (Å²) in [6.07, 6.45) is 0. The molecule has 1 aromatic carbocycles. The van der Waals surface area contributed by atoms with Crippen LogP contribution in [0, 0.1) is 0 Å². The van der Waals surface area contributed by atoms with Crippen molar-refractivity contribution in [2.75, 3.05) is 6.61 Å². The molecule has 0 aliphatic heterocycles. The van der Waals surface area contributed by atoms with Gasteiger partial charge in [-0.25, -0.2) is 0 Å². The van der Waals surface area contributed by atoms with E-state index in [1.807, 2.05) is 30.3 Å². The number of aliphatic hydroxyl groups excluding tert-OH is 2. The van der Waals surface area contributed by atoms with Crippen LogP contribution in [-0.2, 0) is 0 Å². The first kappa shape index (κ1) is 9.52. The average Bonchev–Trinajstić information content (AvgIpc) is 2.07. The molecule has 0 radical (unpaired) electrons. The quantitative estimate of drug-likeness (QED) is 0.700. The fraction of sp³-hybridized carbons (Fsp3) is 0.333. The molecule has 2 atom stereocenters. The van der Waals surface area contributed by atoms with E-state index >= 15 is 0 Å². The molecule has 0 aliphatic rings. The van der Waals surface area contributed by atoms with Crippen LogP contribution in [0.4, 0.5) is 0 Å². The summed E-state index contributed by atoms with van der Waals surface area (Å²) in [5.41, 5.74) is -0.181. The van der Waals surface area contributed by atoms with Gasteiger partial charge in [0.2, 0.25) is 0 Å². The summed E-state index contributed by atoms with van der Waals surface area (Å²) >= 11 is 5.47. The monoisotopic (exact) mass is 186 g/mol. The minimum absolute atomic E-state index is 0.144. The molecule has 0 amide bonds. The van der Waals surface area contributed by atoms with Gasteiger partial charge < -0.3 is 10.2 Å². The molecule has 2 unspecified atom stereocenters. The fourth-order valence-corrected chi connectivity index (χ4v) is 1.28. The Balaban J connectivity index is 2.80. The third kappa shape index (κ3) is 2.21. The average molecular weight is 187 g/mol. The normalized spacial score (nSPS) is 15.6. The van der Waals surface area contributed by atoms with Crippen LogP contribution in [0.1, 0.15) is 11.5 Å². The van der Waals surface area contributed by atoms with Crippen LogP contribution < -0.4 is 0 Å². The molecule has 66 valence electrons. The SMILES string of the molecule is OCC(c1ccccc1)C(O)Cl. The van der Waals surface area contributed by atoms with E-state index in [0.29, 0.717) is 0 Å². The maximum atomic E-state index is 9.07. The van der Waals surface area contributed by atoms with Gasteiger partial charge in [0.15, 0.2) is 0 Å². The number of alkyl halides is 1. The van der Waals surface area contributed by atoms with Crippen LogP contribution in [0.2, 0.25) is 0 Å². The third-order valence-electron chi connectivity index (χ3n) is 1.76. The first-order chi connectivity index (χ1) is 5.75. The van der Waals surface area contributed by atoms with Gasteiger partial charge in [-0.3, -0.25) is 0 Å². The molecule has 0 aromatic heterocycles. The Morgan fingerprint density at radius 1 is 1.25 bits per heavy atom. The highest BCUT2D eigenvalue weighted by Crippen LogP contribution is 2.20. The Hall–Kier alpha value is -0.570. The zero-order valence-electron chi connectivity index (χ0n) is 6.52. The first-order valence-electron chi connectivity index (χ1n) is 3.73. The summed E-state index contributed by atoms with van der Waals surface area (Å²) in [6, 6.07) is 9.21. The second kappa shape index (κ2) is 4.45. The van der Waals surface area contributed by atoms with Crippen molar-refractivity contribution in [1.82, 2.24) is 0 Å². The van der Waals surface area contributed by atoms with Crippen LogP contribution in [0.15, 0.2) is 30.3 Å². The molecule has 0 bridgehead atoms. The topological polar surface area (TPSA) is 40.5 Å². The van der Waals surface area contributed by atoms with Crippen LogP contribution in [-0.4, -0.2) is 22.4 Å². The fourth-order valence-electron chi connectivity index (χ4n) is 1.05. The lowest BCUT2D eigenvalue weighted by atomic mass is 10.0. The van der Waals surface area contributed by atoms with Gasteiger partial charge >= 0.3 is 0 Å². The summed E-state index contributed by atoms with van der Waals surface area (Å²) in [5, 5.41) is 18.0. The van der Waals surface area contributed by atoms with Crippen molar-refractivity contribution < 1.29 is 10.2 Å². The lowest BCUT2D eigenvalue weighted by Crippen LogP contribution is -2.15. The highest BCUT2D eigenvalue weighted by molar-refractivity contribution is 6.20. The van der Waals surface area contributed by atoms with E-state index in [4.69, 9.17) is 21.8 Å². The number of aliphatic hydroxyl groups is 2. The van der Waals surface area contributed by atoms with Gasteiger partial charge in [0, 0.05) is 5.92 Å². The van der Waals surface area contributed by atoms with E-state index in [1.54, 1.807) is 0 Å². The van der Waals surface area contributed by atoms with E-state index in [-0.39, 0.29) is 6.61 Å². The van der Waals surface area contributed by atoms with Crippen molar-refractivity contribution in [3.8, 4) is 0 Å². The Morgan fingerprint density at radius 2 is 1.83 bits per heavy atom. The van der Waals surface area contributed by atoms with E-state index in [1.165, 1.54) is 0 Å². The van der Waals surface area contributed by atoms with E-state index < -0.39 is 11.5 Å². The number of hydrogen-bond acceptors (Lipinski definition) is 2. The van der Waals surface area contributed by atoms with Gasteiger partial charge in [0.05, 0.1) is 6.61 Å². The number of hydrogen-bond donors (Lipinski definition) is 2. The number of halogens is 1. The smallest absolute Gasteiger partial charge is 0.137 e. The molecule has 0 heterocycles. The zero-order chi connectivity index (χ0) is 8.97. The number of benzene rings is 1. The molecule has 0 saturated carbocycles. The van der Waals surface area contributed by atoms with Gasteiger partial charge in [0.1, 0.15) is 5.56 Å². The molecule has 1 aromatic rings. The minimum atomic E-state index is -1.03. The molecule has 0 aliphatic carbocycles. The lowest BCUT2D eigenvalue weighted by Gasteiger charge is -2.15. The standard InChI is InChI=1S/C9H11ClO2/c10-9(12)8(6-11)7-4-2-1-3-5-7/h1-5,8-9,11-12H,6H2. The van der Waals surface area contributed by atoms with Crippen LogP contribution in [0.5, 0.6) is 0 Å². The molecule has 0 fully saturated rings. The van der Waals surface area contributed by atoms with E-state index in [0.717, 1.165) is 5.56 Å². The Bertz CT molecular complexity index is 223. The summed E-state index contributed by atoms with van der Waals surface area (Å²) in [6.45, 7) is -0.144. The van der Waals surface area contributed by atoms with Crippen LogP contribution in [0.3, 0.4) is 0 Å². The molecule has 0 saturated heterocycles. The van der Waals surface area contributed by atoms with Crippen molar-refractivity contribution in [3.05, 3.63) is 35.9 Å². The largest absolute Gasteiger partial charge is 0.396 e. The van der Waals surface area contributed by atoms with Crippen molar-refractivity contribution >= 4 is 11.6 Å². The Labute approximate surface area is 76.4 Å².